The molecule has 0 spiro atoms. The van der Waals surface area contributed by atoms with Gasteiger partial charge in [0.15, 0.2) is 5.82 Å². The van der Waals surface area contributed by atoms with Crippen LogP contribution in [-0.4, -0.2) is 38.4 Å². The Kier molecular flexibility index (Phi) is 6.21. The summed E-state index contributed by atoms with van der Waals surface area (Å²) < 4.78 is 25.7. The lowest BCUT2D eigenvalue weighted by Gasteiger charge is -2.32. The fourth-order valence-corrected chi connectivity index (χ4v) is 4.61. The number of rotatable bonds is 8. The van der Waals surface area contributed by atoms with Crippen LogP contribution in [0.2, 0.25) is 0 Å². The Hall–Kier alpha value is -4.51. The van der Waals surface area contributed by atoms with E-state index in [1.54, 1.807) is 36.5 Å². The Morgan fingerprint density at radius 1 is 1.11 bits per heavy atom. The molecular formula is C25H20FN5O4S. The van der Waals surface area contributed by atoms with Crippen molar-refractivity contribution >= 4 is 23.2 Å². The monoisotopic (exact) mass is 505 g/mol. The van der Waals surface area contributed by atoms with Crippen molar-refractivity contribution in [1.82, 2.24) is 20.1 Å². The number of carbonyl (C=O) groups excluding carboxylic acids is 2. The zero-order valence-corrected chi connectivity index (χ0v) is 19.5. The minimum absolute atomic E-state index is 0.202. The summed E-state index contributed by atoms with van der Waals surface area (Å²) in [6, 6.07) is 13.6. The number of ether oxygens (including phenoxy) is 2. The van der Waals surface area contributed by atoms with E-state index in [2.05, 4.69) is 15.4 Å². The van der Waals surface area contributed by atoms with Crippen LogP contribution in [0.25, 0.3) is 17.1 Å². The molecular weight excluding hydrogens is 485 g/mol. The quantitative estimate of drug-likeness (QED) is 0.379. The lowest BCUT2D eigenvalue weighted by molar-refractivity contribution is -0.182. The predicted octanol–water partition coefficient (Wildman–Crippen LogP) is 3.18. The summed E-state index contributed by atoms with van der Waals surface area (Å²) in [4.78, 5) is 31.1. The Labute approximate surface area is 209 Å². The summed E-state index contributed by atoms with van der Waals surface area (Å²) in [5, 5.41) is 9.23. The molecule has 11 heteroatoms. The standard InChI is InChI=1S/C25H20FN5O4S/c26-17-7-5-16(6-8-17)20-9-11-31(30-20)22-19(4-1-10-28-22)23(32)29-21(15-18-3-2-14-36-18)25(24(27)33)34-12-13-35-25/h1-14,21H,15H2,(H2,27,33)(H,29,32). The molecule has 2 amide bonds. The van der Waals surface area contributed by atoms with Gasteiger partial charge in [-0.15, -0.1) is 11.3 Å². The average Bonchev–Trinajstić information content (AvgIpc) is 3.66. The Morgan fingerprint density at radius 2 is 1.89 bits per heavy atom. The molecule has 9 nitrogen and oxygen atoms in total. The molecule has 182 valence electrons. The van der Waals surface area contributed by atoms with Crippen LogP contribution in [0.1, 0.15) is 15.2 Å². The molecule has 0 bridgehead atoms. The Morgan fingerprint density at radius 3 is 2.58 bits per heavy atom. The van der Waals surface area contributed by atoms with Crippen LogP contribution in [0.4, 0.5) is 4.39 Å². The molecule has 36 heavy (non-hydrogen) atoms. The van der Waals surface area contributed by atoms with Gasteiger partial charge in [0.2, 0.25) is 0 Å². The molecule has 1 unspecified atom stereocenters. The first-order chi connectivity index (χ1) is 17.5. The van der Waals surface area contributed by atoms with E-state index in [1.807, 2.05) is 17.5 Å². The summed E-state index contributed by atoms with van der Waals surface area (Å²) in [5.74, 6) is -3.39. The highest BCUT2D eigenvalue weighted by molar-refractivity contribution is 7.09. The number of hydrogen-bond donors (Lipinski definition) is 2. The first-order valence-corrected chi connectivity index (χ1v) is 11.7. The highest BCUT2D eigenvalue weighted by Gasteiger charge is 2.51. The Balaban J connectivity index is 1.45. The number of aromatic nitrogens is 3. The number of benzene rings is 1. The van der Waals surface area contributed by atoms with Gasteiger partial charge in [-0.05, 0) is 53.9 Å². The lowest BCUT2D eigenvalue weighted by atomic mass is 10.0. The molecule has 1 aromatic carbocycles. The van der Waals surface area contributed by atoms with Gasteiger partial charge < -0.3 is 20.5 Å². The third-order valence-corrected chi connectivity index (χ3v) is 6.51. The summed E-state index contributed by atoms with van der Waals surface area (Å²) in [5.41, 5.74) is 7.13. The molecule has 1 aliphatic heterocycles. The van der Waals surface area contributed by atoms with Crippen LogP contribution in [0.15, 0.2) is 84.9 Å². The van der Waals surface area contributed by atoms with Crippen molar-refractivity contribution in [2.75, 3.05) is 0 Å². The summed E-state index contributed by atoms with van der Waals surface area (Å²) in [6.45, 7) is 0. The molecule has 5 rings (SSSR count). The smallest absolute Gasteiger partial charge is 0.352 e. The maximum absolute atomic E-state index is 13.5. The summed E-state index contributed by atoms with van der Waals surface area (Å²) in [7, 11) is 0. The SMILES string of the molecule is NC(=O)C1(C(Cc2cccs2)NC(=O)c2cccnc2-n2ccc(-c3ccc(F)cc3)n2)OC=CO1. The number of pyridine rings is 1. The molecule has 0 saturated carbocycles. The van der Waals surface area contributed by atoms with Gasteiger partial charge in [0.1, 0.15) is 24.4 Å². The number of amides is 2. The summed E-state index contributed by atoms with van der Waals surface area (Å²) >= 11 is 1.46. The molecule has 0 radical (unpaired) electrons. The molecule has 4 heterocycles. The first kappa shape index (κ1) is 23.2. The molecule has 3 N–H and O–H groups in total. The largest absolute Gasteiger partial charge is 0.447 e. The van der Waals surface area contributed by atoms with Crippen molar-refractivity contribution in [3.63, 3.8) is 0 Å². The zero-order chi connectivity index (χ0) is 25.1. The third kappa shape index (κ3) is 4.43. The predicted molar refractivity (Wildman–Crippen MR) is 129 cm³/mol. The van der Waals surface area contributed by atoms with Crippen molar-refractivity contribution in [2.45, 2.75) is 18.2 Å². The van der Waals surface area contributed by atoms with Crippen molar-refractivity contribution < 1.29 is 23.5 Å². The van der Waals surface area contributed by atoms with Gasteiger partial charge in [0.05, 0.1) is 11.3 Å². The van der Waals surface area contributed by atoms with Crippen LogP contribution in [0, 0.1) is 5.82 Å². The minimum atomic E-state index is -1.90. The van der Waals surface area contributed by atoms with Crippen molar-refractivity contribution in [1.29, 1.82) is 0 Å². The molecule has 1 atom stereocenters. The molecule has 0 saturated heterocycles. The number of thiophene rings is 1. The van der Waals surface area contributed by atoms with Gasteiger partial charge in [0.25, 0.3) is 5.91 Å². The molecule has 3 aromatic heterocycles. The minimum Gasteiger partial charge on any atom is -0.447 e. The van der Waals surface area contributed by atoms with Gasteiger partial charge in [-0.3, -0.25) is 9.59 Å². The Bertz CT molecular complexity index is 1410. The zero-order valence-electron chi connectivity index (χ0n) is 18.7. The summed E-state index contributed by atoms with van der Waals surface area (Å²) in [6.07, 6.45) is 5.86. The van der Waals surface area contributed by atoms with Gasteiger partial charge in [0, 0.05) is 29.3 Å². The number of nitrogens with one attached hydrogen (secondary N) is 1. The third-order valence-electron chi connectivity index (χ3n) is 5.61. The van der Waals surface area contributed by atoms with Gasteiger partial charge >= 0.3 is 11.7 Å². The second-order valence-corrected chi connectivity index (χ2v) is 8.91. The number of carbonyl (C=O) groups is 2. The van der Waals surface area contributed by atoms with E-state index in [1.165, 1.54) is 46.9 Å². The molecule has 0 aliphatic carbocycles. The van der Waals surface area contributed by atoms with Crippen LogP contribution < -0.4 is 11.1 Å². The van der Waals surface area contributed by atoms with E-state index in [0.29, 0.717) is 11.3 Å². The molecule has 4 aromatic rings. The normalized spacial score (nSPS) is 14.6. The van der Waals surface area contributed by atoms with Crippen LogP contribution >= 0.6 is 11.3 Å². The highest BCUT2D eigenvalue weighted by Crippen LogP contribution is 2.28. The van der Waals surface area contributed by atoms with E-state index < -0.39 is 23.6 Å². The van der Waals surface area contributed by atoms with Gasteiger partial charge in [-0.25, -0.2) is 14.1 Å². The fraction of sp³-hybridized carbons (Fsp3) is 0.120. The lowest BCUT2D eigenvalue weighted by Crippen LogP contribution is -2.61. The maximum atomic E-state index is 13.5. The fourth-order valence-electron chi connectivity index (χ4n) is 3.86. The number of nitrogens with zero attached hydrogens (tertiary/aromatic N) is 3. The second-order valence-electron chi connectivity index (χ2n) is 7.88. The molecule has 1 aliphatic rings. The number of hydrogen-bond acceptors (Lipinski definition) is 7. The molecule has 0 fully saturated rings. The van der Waals surface area contributed by atoms with Crippen LogP contribution in [0.3, 0.4) is 0 Å². The topological polar surface area (TPSA) is 121 Å². The van der Waals surface area contributed by atoms with E-state index >= 15 is 0 Å². The van der Waals surface area contributed by atoms with Gasteiger partial charge in [-0.2, -0.15) is 5.10 Å². The number of halogens is 1. The first-order valence-electron chi connectivity index (χ1n) is 10.9. The van der Waals surface area contributed by atoms with Crippen molar-refractivity contribution in [3.05, 3.63) is 101 Å². The second kappa shape index (κ2) is 9.62. The van der Waals surface area contributed by atoms with Crippen LogP contribution in [0.5, 0.6) is 0 Å². The van der Waals surface area contributed by atoms with Crippen LogP contribution in [-0.2, 0) is 20.7 Å². The van der Waals surface area contributed by atoms with Crippen molar-refractivity contribution in [2.24, 2.45) is 5.73 Å². The number of nitrogens with two attached hydrogens (primary N) is 1. The average molecular weight is 506 g/mol. The van der Waals surface area contributed by atoms with E-state index in [9.17, 15) is 14.0 Å². The van der Waals surface area contributed by atoms with E-state index in [4.69, 9.17) is 15.2 Å². The number of primary amides is 1. The van der Waals surface area contributed by atoms with E-state index in [-0.39, 0.29) is 23.6 Å². The highest BCUT2D eigenvalue weighted by atomic mass is 32.1. The van der Waals surface area contributed by atoms with Gasteiger partial charge in [-0.1, -0.05) is 6.07 Å². The van der Waals surface area contributed by atoms with E-state index in [0.717, 1.165) is 4.88 Å². The van der Waals surface area contributed by atoms with Crippen molar-refractivity contribution in [3.8, 4) is 17.1 Å². The maximum Gasteiger partial charge on any atom is 0.352 e.